The number of esters is 1. The van der Waals surface area contributed by atoms with Gasteiger partial charge in [0.05, 0.1) is 23.3 Å². The standard InChI is InChI=1S/C19H20N4O5/c1-28-18(24)16-4-2-3-5-17(16)20-19(25)22-12-10-21(11-13-22)14-6-8-15(9-7-14)23(26)27/h2-9H,10-13H2,1H3,(H,20,25). The molecule has 0 aliphatic carbocycles. The van der Waals surface area contributed by atoms with Crippen LogP contribution in [0.15, 0.2) is 48.5 Å². The highest BCUT2D eigenvalue weighted by Gasteiger charge is 2.23. The van der Waals surface area contributed by atoms with Gasteiger partial charge in [-0.1, -0.05) is 12.1 Å². The number of urea groups is 1. The van der Waals surface area contributed by atoms with Crippen molar-refractivity contribution < 1.29 is 19.2 Å². The summed E-state index contributed by atoms with van der Waals surface area (Å²) in [6, 6.07) is 12.7. The molecule has 1 saturated heterocycles. The second-order valence-electron chi connectivity index (χ2n) is 6.21. The fourth-order valence-electron chi connectivity index (χ4n) is 3.03. The number of para-hydroxylation sites is 1. The largest absolute Gasteiger partial charge is 0.465 e. The van der Waals surface area contributed by atoms with Gasteiger partial charge in [0.2, 0.25) is 0 Å². The summed E-state index contributed by atoms with van der Waals surface area (Å²) in [6.45, 7) is 2.18. The fourth-order valence-corrected chi connectivity index (χ4v) is 3.03. The lowest BCUT2D eigenvalue weighted by Gasteiger charge is -2.36. The number of hydrogen-bond acceptors (Lipinski definition) is 6. The summed E-state index contributed by atoms with van der Waals surface area (Å²) >= 11 is 0. The fraction of sp³-hybridized carbons (Fsp3) is 0.263. The number of methoxy groups -OCH3 is 1. The minimum atomic E-state index is -0.515. The molecule has 2 aromatic carbocycles. The van der Waals surface area contributed by atoms with E-state index >= 15 is 0 Å². The molecule has 2 amide bonds. The molecule has 1 N–H and O–H groups in total. The molecule has 0 aromatic heterocycles. The van der Waals surface area contributed by atoms with Gasteiger partial charge in [0.1, 0.15) is 0 Å². The molecule has 3 rings (SSSR count). The number of amides is 2. The van der Waals surface area contributed by atoms with Gasteiger partial charge in [-0.25, -0.2) is 9.59 Å². The van der Waals surface area contributed by atoms with E-state index in [1.807, 2.05) is 0 Å². The Bertz CT molecular complexity index is 876. The van der Waals surface area contributed by atoms with E-state index in [0.717, 1.165) is 5.69 Å². The summed E-state index contributed by atoms with van der Waals surface area (Å²) in [4.78, 5) is 38.4. The summed E-state index contributed by atoms with van der Waals surface area (Å²) in [7, 11) is 1.29. The topological polar surface area (TPSA) is 105 Å². The average molecular weight is 384 g/mol. The first kappa shape index (κ1) is 19.2. The van der Waals surface area contributed by atoms with Crippen LogP contribution in [0.3, 0.4) is 0 Å². The molecule has 2 aromatic rings. The SMILES string of the molecule is COC(=O)c1ccccc1NC(=O)N1CCN(c2ccc([N+](=O)[O-])cc2)CC1. The van der Waals surface area contributed by atoms with Crippen LogP contribution in [-0.4, -0.2) is 55.1 Å². The minimum absolute atomic E-state index is 0.0473. The maximum atomic E-state index is 12.6. The Labute approximate surface area is 161 Å². The van der Waals surface area contributed by atoms with E-state index in [4.69, 9.17) is 4.74 Å². The first-order valence-corrected chi connectivity index (χ1v) is 8.72. The molecule has 0 unspecified atom stereocenters. The molecule has 0 bridgehead atoms. The molecule has 1 fully saturated rings. The Balaban J connectivity index is 1.60. The first-order chi connectivity index (χ1) is 13.5. The number of carbonyl (C=O) groups is 2. The zero-order valence-electron chi connectivity index (χ0n) is 15.3. The minimum Gasteiger partial charge on any atom is -0.465 e. The maximum Gasteiger partial charge on any atom is 0.339 e. The predicted octanol–water partition coefficient (Wildman–Crippen LogP) is 2.74. The van der Waals surface area contributed by atoms with Crippen LogP contribution >= 0.6 is 0 Å². The van der Waals surface area contributed by atoms with E-state index < -0.39 is 10.9 Å². The van der Waals surface area contributed by atoms with Gasteiger partial charge in [-0.2, -0.15) is 0 Å². The van der Waals surface area contributed by atoms with Crippen molar-refractivity contribution in [1.29, 1.82) is 0 Å². The molecule has 146 valence electrons. The van der Waals surface area contributed by atoms with Crippen LogP contribution in [0.5, 0.6) is 0 Å². The lowest BCUT2D eigenvalue weighted by atomic mass is 10.2. The average Bonchev–Trinajstić information content (AvgIpc) is 2.73. The van der Waals surface area contributed by atoms with Gasteiger partial charge >= 0.3 is 12.0 Å². The van der Waals surface area contributed by atoms with E-state index in [0.29, 0.717) is 37.4 Å². The van der Waals surface area contributed by atoms with Gasteiger partial charge in [0.25, 0.3) is 5.69 Å². The number of carbonyl (C=O) groups excluding carboxylic acids is 2. The number of nitrogens with one attached hydrogen (secondary N) is 1. The number of anilines is 2. The van der Waals surface area contributed by atoms with Gasteiger partial charge in [-0.05, 0) is 24.3 Å². The number of nitro benzene ring substituents is 1. The molecule has 1 aliphatic heterocycles. The normalized spacial score (nSPS) is 13.8. The van der Waals surface area contributed by atoms with Crippen molar-refractivity contribution >= 4 is 29.1 Å². The van der Waals surface area contributed by atoms with Crippen LogP contribution in [0.1, 0.15) is 10.4 Å². The molecule has 9 nitrogen and oxygen atoms in total. The van der Waals surface area contributed by atoms with Crippen LogP contribution in [-0.2, 0) is 4.74 Å². The number of nitrogens with zero attached hydrogens (tertiary/aromatic N) is 3. The van der Waals surface area contributed by atoms with Crippen molar-refractivity contribution in [2.45, 2.75) is 0 Å². The van der Waals surface area contributed by atoms with Gasteiger partial charge in [-0.3, -0.25) is 10.1 Å². The van der Waals surface area contributed by atoms with E-state index in [2.05, 4.69) is 10.2 Å². The molecular formula is C19H20N4O5. The van der Waals surface area contributed by atoms with Crippen molar-refractivity contribution in [3.8, 4) is 0 Å². The number of piperazine rings is 1. The molecule has 28 heavy (non-hydrogen) atoms. The summed E-state index contributed by atoms with van der Waals surface area (Å²) in [5.74, 6) is -0.515. The van der Waals surface area contributed by atoms with Crippen LogP contribution in [0.2, 0.25) is 0 Å². The van der Waals surface area contributed by atoms with Crippen molar-refractivity contribution in [2.24, 2.45) is 0 Å². The van der Waals surface area contributed by atoms with Gasteiger partial charge in [-0.15, -0.1) is 0 Å². The van der Waals surface area contributed by atoms with Crippen molar-refractivity contribution in [2.75, 3.05) is 43.5 Å². The predicted molar refractivity (Wildman–Crippen MR) is 104 cm³/mol. The summed E-state index contributed by atoms with van der Waals surface area (Å²) in [5, 5.41) is 13.5. The third kappa shape index (κ3) is 4.20. The molecule has 0 spiro atoms. The molecule has 0 atom stereocenters. The Morgan fingerprint density at radius 1 is 1.04 bits per heavy atom. The Kier molecular flexibility index (Phi) is 5.73. The smallest absolute Gasteiger partial charge is 0.339 e. The lowest BCUT2D eigenvalue weighted by Crippen LogP contribution is -2.50. The highest BCUT2D eigenvalue weighted by molar-refractivity contribution is 6.00. The monoisotopic (exact) mass is 384 g/mol. The molecule has 0 saturated carbocycles. The van der Waals surface area contributed by atoms with Crippen LogP contribution in [0.25, 0.3) is 0 Å². The van der Waals surface area contributed by atoms with E-state index in [1.165, 1.54) is 19.2 Å². The summed E-state index contributed by atoms with van der Waals surface area (Å²) in [6.07, 6.45) is 0. The van der Waals surface area contributed by atoms with Gasteiger partial charge < -0.3 is 19.9 Å². The van der Waals surface area contributed by atoms with Gasteiger partial charge in [0, 0.05) is 44.0 Å². The molecular weight excluding hydrogens is 364 g/mol. The van der Waals surface area contributed by atoms with E-state index in [-0.39, 0.29) is 11.7 Å². The molecule has 9 heteroatoms. The van der Waals surface area contributed by atoms with Crippen molar-refractivity contribution in [3.05, 3.63) is 64.2 Å². The Hall–Kier alpha value is -3.62. The highest BCUT2D eigenvalue weighted by atomic mass is 16.6. The maximum absolute atomic E-state index is 12.6. The Morgan fingerprint density at radius 3 is 2.29 bits per heavy atom. The quantitative estimate of drug-likeness (QED) is 0.494. The van der Waals surface area contributed by atoms with Crippen LogP contribution < -0.4 is 10.2 Å². The van der Waals surface area contributed by atoms with Crippen molar-refractivity contribution in [3.63, 3.8) is 0 Å². The number of ether oxygens (including phenoxy) is 1. The second kappa shape index (κ2) is 8.38. The van der Waals surface area contributed by atoms with Crippen molar-refractivity contribution in [1.82, 2.24) is 4.90 Å². The molecule has 1 aliphatic rings. The molecule has 1 heterocycles. The number of non-ortho nitro benzene ring substituents is 1. The molecule has 0 radical (unpaired) electrons. The van der Waals surface area contributed by atoms with E-state index in [9.17, 15) is 19.7 Å². The third-order valence-electron chi connectivity index (χ3n) is 4.57. The summed E-state index contributed by atoms with van der Waals surface area (Å²) < 4.78 is 4.74. The lowest BCUT2D eigenvalue weighted by molar-refractivity contribution is -0.384. The van der Waals surface area contributed by atoms with Crippen LogP contribution in [0, 0.1) is 10.1 Å². The first-order valence-electron chi connectivity index (χ1n) is 8.72. The number of nitro groups is 1. The van der Waals surface area contributed by atoms with Gasteiger partial charge in [0.15, 0.2) is 0 Å². The third-order valence-corrected chi connectivity index (χ3v) is 4.57. The number of rotatable bonds is 4. The zero-order chi connectivity index (χ0) is 20.1. The number of hydrogen-bond donors (Lipinski definition) is 1. The van der Waals surface area contributed by atoms with Crippen LogP contribution in [0.4, 0.5) is 21.9 Å². The van der Waals surface area contributed by atoms with E-state index in [1.54, 1.807) is 41.3 Å². The zero-order valence-corrected chi connectivity index (χ0v) is 15.3. The summed E-state index contributed by atoms with van der Waals surface area (Å²) in [5.41, 5.74) is 1.62. The number of benzene rings is 2. The Morgan fingerprint density at radius 2 is 1.68 bits per heavy atom. The second-order valence-corrected chi connectivity index (χ2v) is 6.21. The highest BCUT2D eigenvalue weighted by Crippen LogP contribution is 2.21.